The Morgan fingerprint density at radius 2 is 1.62 bits per heavy atom. The predicted octanol–water partition coefficient (Wildman–Crippen LogP) is 6.99. The van der Waals surface area contributed by atoms with E-state index in [0.29, 0.717) is 24.0 Å². The van der Waals surface area contributed by atoms with Crippen molar-refractivity contribution < 1.29 is 17.9 Å². The van der Waals surface area contributed by atoms with E-state index < -0.39 is 11.6 Å². The number of allylic oxidation sites excluding steroid dienone is 1. The van der Waals surface area contributed by atoms with Gasteiger partial charge in [-0.3, -0.25) is 0 Å². The van der Waals surface area contributed by atoms with E-state index in [0.717, 1.165) is 11.1 Å². The van der Waals surface area contributed by atoms with Crippen molar-refractivity contribution in [2.24, 2.45) is 0 Å². The van der Waals surface area contributed by atoms with Crippen molar-refractivity contribution in [3.05, 3.63) is 94.8 Å². The van der Waals surface area contributed by atoms with Crippen LogP contribution >= 0.6 is 0 Å². The van der Waals surface area contributed by atoms with Crippen LogP contribution in [0.2, 0.25) is 0 Å². The molecule has 0 radical (unpaired) electrons. The van der Waals surface area contributed by atoms with Crippen molar-refractivity contribution in [2.75, 3.05) is 6.61 Å². The lowest BCUT2D eigenvalue weighted by Gasteiger charge is -2.10. The van der Waals surface area contributed by atoms with Crippen LogP contribution in [0.3, 0.4) is 0 Å². The number of hydrogen-bond acceptors (Lipinski definition) is 1. The zero-order valence-electron chi connectivity index (χ0n) is 16.5. The van der Waals surface area contributed by atoms with Gasteiger partial charge in [0.1, 0.15) is 5.82 Å². The van der Waals surface area contributed by atoms with Crippen molar-refractivity contribution in [2.45, 2.75) is 26.7 Å². The molecule has 0 heterocycles. The lowest BCUT2D eigenvalue weighted by molar-refractivity contribution is 0.314. The van der Waals surface area contributed by atoms with E-state index in [1.54, 1.807) is 25.1 Å². The van der Waals surface area contributed by atoms with Crippen molar-refractivity contribution in [1.29, 1.82) is 0 Å². The minimum absolute atomic E-state index is 0.0900. The van der Waals surface area contributed by atoms with Gasteiger partial charge >= 0.3 is 0 Å². The highest BCUT2D eigenvalue weighted by Crippen LogP contribution is 2.30. The molecule has 0 spiro atoms. The Morgan fingerprint density at radius 3 is 2.28 bits per heavy atom. The summed E-state index contributed by atoms with van der Waals surface area (Å²) in [5.41, 5.74) is 3.25. The molecule has 3 aromatic rings. The second-order valence-corrected chi connectivity index (χ2v) is 6.72. The second-order valence-electron chi connectivity index (χ2n) is 6.72. The molecule has 3 aromatic carbocycles. The van der Waals surface area contributed by atoms with Crippen LogP contribution in [0.25, 0.3) is 17.2 Å². The lowest BCUT2D eigenvalue weighted by Crippen LogP contribution is -1.99. The highest BCUT2D eigenvalue weighted by Gasteiger charge is 2.15. The van der Waals surface area contributed by atoms with Gasteiger partial charge in [0.25, 0.3) is 0 Å². The van der Waals surface area contributed by atoms with E-state index in [4.69, 9.17) is 4.74 Å². The van der Waals surface area contributed by atoms with Crippen LogP contribution in [0.4, 0.5) is 13.2 Å². The topological polar surface area (TPSA) is 9.23 Å². The van der Waals surface area contributed by atoms with E-state index in [-0.39, 0.29) is 23.7 Å². The molecular formula is C25H23F3O. The molecule has 0 aliphatic carbocycles. The predicted molar refractivity (Wildman–Crippen MR) is 111 cm³/mol. The largest absolute Gasteiger partial charge is 0.491 e. The normalized spacial score (nSPS) is 11.2. The zero-order valence-corrected chi connectivity index (χ0v) is 16.5. The molecule has 1 nitrogen and oxygen atoms in total. The molecule has 4 heteroatoms. The van der Waals surface area contributed by atoms with Crippen molar-refractivity contribution in [3.8, 4) is 16.9 Å². The smallest absolute Gasteiger partial charge is 0.201 e. The third-order valence-electron chi connectivity index (χ3n) is 4.73. The summed E-state index contributed by atoms with van der Waals surface area (Å²) in [6, 6.07) is 15.4. The summed E-state index contributed by atoms with van der Waals surface area (Å²) in [5.74, 6) is -2.21. The molecule has 0 bridgehead atoms. The van der Waals surface area contributed by atoms with Crippen LogP contribution in [0.15, 0.2) is 60.7 Å². The standard InChI is InChI=1S/C25H23F3O/c1-3-5-18-9-13-20(22(26)16-18)12-8-17-6-10-19(11-7-17)21-14-15-23(29-4-2)25(28)24(21)27/h3,5-7,9-11,13-16H,4,8,12H2,1-2H3/b5-3+. The van der Waals surface area contributed by atoms with E-state index in [2.05, 4.69) is 0 Å². The number of rotatable bonds is 7. The number of benzene rings is 3. The van der Waals surface area contributed by atoms with Gasteiger partial charge in [0, 0.05) is 5.56 Å². The summed E-state index contributed by atoms with van der Waals surface area (Å²) >= 11 is 0. The highest BCUT2D eigenvalue weighted by molar-refractivity contribution is 5.65. The number of halogens is 3. The maximum absolute atomic E-state index is 14.4. The average molecular weight is 396 g/mol. The van der Waals surface area contributed by atoms with Crippen LogP contribution in [0.5, 0.6) is 5.75 Å². The van der Waals surface area contributed by atoms with E-state index in [1.807, 2.05) is 37.3 Å². The Kier molecular flexibility index (Phi) is 6.76. The Hall–Kier alpha value is -3.01. The fourth-order valence-corrected chi connectivity index (χ4v) is 3.21. The summed E-state index contributed by atoms with van der Waals surface area (Å²) in [7, 11) is 0. The monoisotopic (exact) mass is 396 g/mol. The molecule has 0 fully saturated rings. The summed E-state index contributed by atoms with van der Waals surface area (Å²) in [6.07, 6.45) is 4.94. The van der Waals surface area contributed by atoms with Gasteiger partial charge in [-0.15, -0.1) is 0 Å². The van der Waals surface area contributed by atoms with Gasteiger partial charge in [-0.05, 0) is 67.1 Å². The fraction of sp³-hybridized carbons (Fsp3) is 0.200. The van der Waals surface area contributed by atoms with Gasteiger partial charge < -0.3 is 4.74 Å². The Balaban J connectivity index is 1.72. The minimum atomic E-state index is -0.981. The van der Waals surface area contributed by atoms with Gasteiger partial charge in [-0.1, -0.05) is 48.6 Å². The first-order valence-corrected chi connectivity index (χ1v) is 9.64. The molecule has 0 unspecified atom stereocenters. The van der Waals surface area contributed by atoms with Crippen LogP contribution in [0.1, 0.15) is 30.5 Å². The maximum Gasteiger partial charge on any atom is 0.201 e. The van der Waals surface area contributed by atoms with E-state index >= 15 is 0 Å². The number of ether oxygens (including phenoxy) is 1. The van der Waals surface area contributed by atoms with Gasteiger partial charge in [-0.25, -0.2) is 8.78 Å². The van der Waals surface area contributed by atoms with Gasteiger partial charge in [0.2, 0.25) is 5.82 Å². The SMILES string of the molecule is C/C=C/c1ccc(CCc2ccc(-c3ccc(OCC)c(F)c3F)cc2)c(F)c1. The first kappa shape index (κ1) is 20.7. The van der Waals surface area contributed by atoms with Crippen LogP contribution in [-0.2, 0) is 12.8 Å². The second kappa shape index (κ2) is 9.46. The minimum Gasteiger partial charge on any atom is -0.491 e. The molecule has 0 saturated carbocycles. The molecule has 0 saturated heterocycles. The third kappa shape index (κ3) is 4.89. The van der Waals surface area contributed by atoms with Gasteiger partial charge in [0.05, 0.1) is 6.61 Å². The zero-order chi connectivity index (χ0) is 20.8. The Morgan fingerprint density at radius 1 is 0.862 bits per heavy atom. The maximum atomic E-state index is 14.4. The molecule has 0 amide bonds. The Labute approximate surface area is 169 Å². The van der Waals surface area contributed by atoms with E-state index in [1.165, 1.54) is 18.2 Å². The van der Waals surface area contributed by atoms with E-state index in [9.17, 15) is 13.2 Å². The first-order valence-electron chi connectivity index (χ1n) is 9.64. The summed E-state index contributed by atoms with van der Waals surface area (Å²) in [5, 5.41) is 0. The lowest BCUT2D eigenvalue weighted by atomic mass is 9.99. The molecule has 0 aromatic heterocycles. The number of aryl methyl sites for hydroxylation is 2. The summed E-state index contributed by atoms with van der Waals surface area (Å²) in [6.45, 7) is 3.87. The molecule has 0 aliphatic rings. The van der Waals surface area contributed by atoms with Gasteiger partial charge in [0.15, 0.2) is 11.6 Å². The van der Waals surface area contributed by atoms with Crippen molar-refractivity contribution >= 4 is 6.08 Å². The van der Waals surface area contributed by atoms with Crippen molar-refractivity contribution in [1.82, 2.24) is 0 Å². The van der Waals surface area contributed by atoms with Crippen LogP contribution < -0.4 is 4.74 Å². The molecule has 29 heavy (non-hydrogen) atoms. The Bertz CT molecular complexity index is 1010. The molecule has 150 valence electrons. The van der Waals surface area contributed by atoms with Crippen LogP contribution in [0, 0.1) is 17.5 Å². The van der Waals surface area contributed by atoms with Gasteiger partial charge in [-0.2, -0.15) is 4.39 Å². The number of hydrogen-bond donors (Lipinski definition) is 0. The molecule has 3 rings (SSSR count). The third-order valence-corrected chi connectivity index (χ3v) is 4.73. The molecule has 0 aliphatic heterocycles. The highest BCUT2D eigenvalue weighted by atomic mass is 19.2. The van der Waals surface area contributed by atoms with Crippen LogP contribution in [-0.4, -0.2) is 6.61 Å². The average Bonchev–Trinajstić information content (AvgIpc) is 2.72. The fourth-order valence-electron chi connectivity index (χ4n) is 3.21. The summed E-state index contributed by atoms with van der Waals surface area (Å²) < 4.78 is 47.8. The molecule has 0 N–H and O–H groups in total. The quantitative estimate of drug-likeness (QED) is 0.418. The molecular weight excluding hydrogens is 373 g/mol. The summed E-state index contributed by atoms with van der Waals surface area (Å²) in [4.78, 5) is 0. The molecule has 0 atom stereocenters. The first-order chi connectivity index (χ1) is 14.0. The van der Waals surface area contributed by atoms with Crippen molar-refractivity contribution in [3.63, 3.8) is 0 Å².